The Labute approximate surface area is 151 Å². The zero-order chi connectivity index (χ0) is 18.9. The average Bonchev–Trinajstić information content (AvgIpc) is 3.16. The van der Waals surface area contributed by atoms with Gasteiger partial charge < -0.3 is 10.1 Å². The summed E-state index contributed by atoms with van der Waals surface area (Å²) in [5.74, 6) is -1.49. The summed E-state index contributed by atoms with van der Waals surface area (Å²) in [7, 11) is 0. The number of carbonyl (C=O) groups excluding carboxylic acids is 4. The average molecular weight is 358 g/mol. The van der Waals surface area contributed by atoms with Crippen LogP contribution in [-0.4, -0.2) is 46.8 Å². The van der Waals surface area contributed by atoms with E-state index < -0.39 is 30.2 Å². The Balaban J connectivity index is 1.60. The van der Waals surface area contributed by atoms with Gasteiger partial charge in [0.1, 0.15) is 12.1 Å². The first-order chi connectivity index (χ1) is 12.3. The molecule has 26 heavy (non-hydrogen) atoms. The molecule has 1 saturated heterocycles. The molecule has 1 aromatic rings. The fraction of sp³-hybridized carbons (Fsp3) is 0.474. The fourth-order valence-electron chi connectivity index (χ4n) is 3.51. The molecule has 0 radical (unpaired) electrons. The van der Waals surface area contributed by atoms with Gasteiger partial charge in [0, 0.05) is 5.56 Å². The monoisotopic (exact) mass is 358 g/mol. The lowest BCUT2D eigenvalue weighted by atomic mass is 9.98. The first-order valence-corrected chi connectivity index (χ1v) is 8.77. The van der Waals surface area contributed by atoms with Crippen molar-refractivity contribution < 1.29 is 23.9 Å². The van der Waals surface area contributed by atoms with Gasteiger partial charge >= 0.3 is 12.0 Å². The molecule has 3 rings (SSSR count). The summed E-state index contributed by atoms with van der Waals surface area (Å²) in [6, 6.07) is 6.37. The number of carbonyl (C=O) groups is 4. The fourth-order valence-corrected chi connectivity index (χ4v) is 3.51. The minimum absolute atomic E-state index is 0.331. The van der Waals surface area contributed by atoms with E-state index in [1.807, 2.05) is 6.92 Å². The summed E-state index contributed by atoms with van der Waals surface area (Å²) in [4.78, 5) is 49.9. The quantitative estimate of drug-likeness (QED) is 0.493. The topological polar surface area (TPSA) is 92.8 Å². The second-order valence-corrected chi connectivity index (χ2v) is 6.97. The van der Waals surface area contributed by atoms with Gasteiger partial charge in [-0.25, -0.2) is 4.79 Å². The van der Waals surface area contributed by atoms with Crippen molar-refractivity contribution >= 4 is 23.7 Å². The van der Waals surface area contributed by atoms with Crippen LogP contribution in [0.1, 0.15) is 48.5 Å². The Bertz CT molecular complexity index is 750. The molecule has 0 bridgehead atoms. The van der Waals surface area contributed by atoms with Gasteiger partial charge in [0.25, 0.3) is 5.91 Å². The molecule has 7 heteroatoms. The Morgan fingerprint density at radius 3 is 2.42 bits per heavy atom. The summed E-state index contributed by atoms with van der Waals surface area (Å²) < 4.78 is 5.14. The van der Waals surface area contributed by atoms with E-state index in [0.29, 0.717) is 18.4 Å². The van der Waals surface area contributed by atoms with Crippen molar-refractivity contribution in [3.8, 4) is 0 Å². The van der Waals surface area contributed by atoms with Crippen LogP contribution in [-0.2, 0) is 14.3 Å². The van der Waals surface area contributed by atoms with Crippen LogP contribution in [0.4, 0.5) is 4.79 Å². The Kier molecular flexibility index (Phi) is 4.80. The molecule has 1 spiro atoms. The molecule has 1 aromatic carbocycles. The maximum atomic E-state index is 12.5. The van der Waals surface area contributed by atoms with Crippen molar-refractivity contribution in [2.45, 2.75) is 51.2 Å². The highest BCUT2D eigenvalue weighted by Gasteiger charge is 2.52. The SMILES string of the molecule is Cc1ccc(C(=O)[C@H](C)OC(=O)CN2C(=O)NC3(CCCC3)C2=O)cc1. The normalized spacial score (nSPS) is 19.5. The summed E-state index contributed by atoms with van der Waals surface area (Å²) in [6.45, 7) is 2.90. The van der Waals surface area contributed by atoms with Gasteiger partial charge in [0.15, 0.2) is 6.10 Å². The van der Waals surface area contributed by atoms with Crippen LogP contribution >= 0.6 is 0 Å². The summed E-state index contributed by atoms with van der Waals surface area (Å²) in [5, 5.41) is 2.70. The van der Waals surface area contributed by atoms with Gasteiger partial charge in [-0.05, 0) is 26.7 Å². The van der Waals surface area contributed by atoms with Gasteiger partial charge in [-0.3, -0.25) is 19.3 Å². The maximum absolute atomic E-state index is 12.5. The van der Waals surface area contributed by atoms with Crippen LogP contribution in [0.2, 0.25) is 0 Å². The van der Waals surface area contributed by atoms with E-state index in [-0.39, 0.29) is 11.7 Å². The van der Waals surface area contributed by atoms with Gasteiger partial charge in [-0.1, -0.05) is 42.7 Å². The number of aryl methyl sites for hydroxylation is 1. The molecule has 138 valence electrons. The number of imide groups is 1. The van der Waals surface area contributed by atoms with E-state index in [0.717, 1.165) is 23.3 Å². The number of rotatable bonds is 5. The number of urea groups is 1. The zero-order valence-electron chi connectivity index (χ0n) is 14.9. The highest BCUT2D eigenvalue weighted by Crippen LogP contribution is 2.34. The molecule has 1 aliphatic heterocycles. The number of Topliss-reactive ketones (excluding diaryl/α,β-unsaturated/α-hetero) is 1. The highest BCUT2D eigenvalue weighted by atomic mass is 16.5. The zero-order valence-corrected chi connectivity index (χ0v) is 14.9. The number of hydrogen-bond donors (Lipinski definition) is 1. The standard InChI is InChI=1S/C19H22N2O5/c1-12-5-7-14(8-6-12)16(23)13(2)26-15(22)11-21-17(24)19(20-18(21)25)9-3-4-10-19/h5-8,13H,3-4,9-11H2,1-2H3,(H,20,25)/t13-/m0/s1. The molecule has 1 N–H and O–H groups in total. The highest BCUT2D eigenvalue weighted by molar-refractivity contribution is 6.09. The Morgan fingerprint density at radius 2 is 1.81 bits per heavy atom. The van der Waals surface area contributed by atoms with Crippen molar-refractivity contribution in [2.24, 2.45) is 0 Å². The van der Waals surface area contributed by atoms with E-state index in [2.05, 4.69) is 5.32 Å². The molecule has 1 aliphatic carbocycles. The third kappa shape index (κ3) is 3.34. The molecule has 7 nitrogen and oxygen atoms in total. The van der Waals surface area contributed by atoms with Crippen molar-refractivity contribution in [1.29, 1.82) is 0 Å². The number of nitrogens with zero attached hydrogens (tertiary/aromatic N) is 1. The number of esters is 1. The van der Waals surface area contributed by atoms with Crippen LogP contribution in [0, 0.1) is 6.92 Å². The molecule has 1 heterocycles. The van der Waals surface area contributed by atoms with Crippen molar-refractivity contribution in [3.63, 3.8) is 0 Å². The number of nitrogens with one attached hydrogen (secondary N) is 1. The lowest BCUT2D eigenvalue weighted by Crippen LogP contribution is -2.44. The Hall–Kier alpha value is -2.70. The van der Waals surface area contributed by atoms with Gasteiger partial charge in [-0.15, -0.1) is 0 Å². The van der Waals surface area contributed by atoms with Crippen molar-refractivity contribution in [3.05, 3.63) is 35.4 Å². The van der Waals surface area contributed by atoms with Crippen molar-refractivity contribution in [1.82, 2.24) is 10.2 Å². The molecule has 2 fully saturated rings. The van der Waals surface area contributed by atoms with Crippen LogP contribution in [0.5, 0.6) is 0 Å². The summed E-state index contributed by atoms with van der Waals surface area (Å²) >= 11 is 0. The van der Waals surface area contributed by atoms with Crippen LogP contribution in [0.15, 0.2) is 24.3 Å². The third-order valence-corrected chi connectivity index (χ3v) is 5.00. The van der Waals surface area contributed by atoms with Crippen LogP contribution in [0.3, 0.4) is 0 Å². The molecule has 2 aliphatic rings. The molecule has 1 atom stereocenters. The predicted octanol–water partition coefficient (Wildman–Crippen LogP) is 1.97. The smallest absolute Gasteiger partial charge is 0.326 e. The minimum Gasteiger partial charge on any atom is -0.453 e. The maximum Gasteiger partial charge on any atom is 0.326 e. The van der Waals surface area contributed by atoms with Crippen molar-refractivity contribution in [2.75, 3.05) is 6.54 Å². The van der Waals surface area contributed by atoms with E-state index in [1.165, 1.54) is 6.92 Å². The van der Waals surface area contributed by atoms with E-state index in [9.17, 15) is 19.2 Å². The molecular weight excluding hydrogens is 336 g/mol. The van der Waals surface area contributed by atoms with E-state index in [1.54, 1.807) is 24.3 Å². The lowest BCUT2D eigenvalue weighted by Gasteiger charge is -2.20. The number of ether oxygens (including phenoxy) is 1. The first-order valence-electron chi connectivity index (χ1n) is 8.77. The molecular formula is C19H22N2O5. The molecule has 0 unspecified atom stereocenters. The third-order valence-electron chi connectivity index (χ3n) is 5.00. The van der Waals surface area contributed by atoms with E-state index in [4.69, 9.17) is 4.74 Å². The van der Waals surface area contributed by atoms with Gasteiger partial charge in [0.05, 0.1) is 0 Å². The lowest BCUT2D eigenvalue weighted by molar-refractivity contribution is -0.149. The van der Waals surface area contributed by atoms with Gasteiger partial charge in [-0.2, -0.15) is 0 Å². The summed E-state index contributed by atoms with van der Waals surface area (Å²) in [5.41, 5.74) is 0.599. The summed E-state index contributed by atoms with van der Waals surface area (Å²) in [6.07, 6.45) is 1.92. The molecule has 1 saturated carbocycles. The van der Waals surface area contributed by atoms with Crippen LogP contribution in [0.25, 0.3) is 0 Å². The molecule has 0 aromatic heterocycles. The van der Waals surface area contributed by atoms with Crippen LogP contribution < -0.4 is 5.32 Å². The molecule has 3 amide bonds. The number of hydrogen-bond acceptors (Lipinski definition) is 5. The second-order valence-electron chi connectivity index (χ2n) is 6.97. The number of ketones is 1. The largest absolute Gasteiger partial charge is 0.453 e. The number of amides is 3. The first kappa shape index (κ1) is 18.1. The van der Waals surface area contributed by atoms with Gasteiger partial charge in [0.2, 0.25) is 5.78 Å². The predicted molar refractivity (Wildman–Crippen MR) is 92.5 cm³/mol. The van der Waals surface area contributed by atoms with E-state index >= 15 is 0 Å². The second kappa shape index (κ2) is 6.90. The minimum atomic E-state index is -0.994. The number of benzene rings is 1. The Morgan fingerprint density at radius 1 is 1.19 bits per heavy atom.